The molecule has 10 heteroatoms. The maximum atomic E-state index is 11.6. The van der Waals surface area contributed by atoms with E-state index in [0.29, 0.717) is 11.5 Å². The molecule has 1 amide bonds. The molecule has 0 saturated carbocycles. The van der Waals surface area contributed by atoms with E-state index in [0.717, 1.165) is 5.56 Å². The molecule has 0 aromatic heterocycles. The van der Waals surface area contributed by atoms with Crippen LogP contribution in [0.5, 0.6) is 11.5 Å². The summed E-state index contributed by atoms with van der Waals surface area (Å²) in [7, 11) is 4.68. The van der Waals surface area contributed by atoms with Crippen LogP contribution in [-0.4, -0.2) is 44.7 Å². The van der Waals surface area contributed by atoms with Crippen molar-refractivity contribution in [1.29, 1.82) is 0 Å². The monoisotopic (exact) mass is 305 g/mol. The lowest BCUT2D eigenvalue weighted by Gasteiger charge is -2.13. The first kappa shape index (κ1) is 15.4. The van der Waals surface area contributed by atoms with Crippen LogP contribution in [0.25, 0.3) is 0 Å². The van der Waals surface area contributed by atoms with Gasteiger partial charge in [0.1, 0.15) is 0 Å². The fraction of sp³-hybridized carbons (Fsp3) is 0.333. The van der Waals surface area contributed by atoms with E-state index in [1.165, 1.54) is 12.0 Å². The highest BCUT2D eigenvalue weighted by molar-refractivity contribution is 5.81. The van der Waals surface area contributed by atoms with Crippen LogP contribution in [0.1, 0.15) is 5.56 Å². The second kappa shape index (κ2) is 7.11. The number of carbonyl (C=O) groups excluding carboxylic acids is 1. The number of hydrazone groups is 1. The molecule has 2 rings (SSSR count). The molecular weight excluding hydrogens is 290 g/mol. The molecule has 0 fully saturated rings. The second-order valence-electron chi connectivity index (χ2n) is 4.34. The quantitative estimate of drug-likeness (QED) is 0.660. The fourth-order valence-electron chi connectivity index (χ4n) is 1.43. The van der Waals surface area contributed by atoms with Crippen LogP contribution in [-0.2, 0) is 0 Å². The highest BCUT2D eigenvalue weighted by atomic mass is 16.6. The molecule has 10 nitrogen and oxygen atoms in total. The maximum Gasteiger partial charge on any atom is 0.414 e. The van der Waals surface area contributed by atoms with Crippen LogP contribution in [0.3, 0.4) is 0 Å². The zero-order valence-electron chi connectivity index (χ0n) is 12.3. The first-order chi connectivity index (χ1) is 10.6. The number of amides is 1. The van der Waals surface area contributed by atoms with Crippen molar-refractivity contribution in [2.24, 2.45) is 25.8 Å². The highest BCUT2D eigenvalue weighted by Crippen LogP contribution is 2.28. The molecule has 0 unspecified atom stereocenters. The molecule has 0 spiro atoms. The van der Waals surface area contributed by atoms with Crippen LogP contribution >= 0.6 is 0 Å². The van der Waals surface area contributed by atoms with Crippen molar-refractivity contribution in [2.45, 2.75) is 6.29 Å². The molecule has 0 atom stereocenters. The topological polar surface area (TPSA) is 113 Å². The summed E-state index contributed by atoms with van der Waals surface area (Å²) in [5.41, 5.74) is 3.38. The van der Waals surface area contributed by atoms with Crippen molar-refractivity contribution >= 4 is 12.3 Å². The smallest absolute Gasteiger partial charge is 0.414 e. The van der Waals surface area contributed by atoms with E-state index < -0.39 is 12.4 Å². The lowest BCUT2D eigenvalue weighted by atomic mass is 10.2. The summed E-state index contributed by atoms with van der Waals surface area (Å²) in [4.78, 5) is 12.9. The van der Waals surface area contributed by atoms with E-state index in [-0.39, 0.29) is 0 Å². The van der Waals surface area contributed by atoms with Crippen LogP contribution in [0.15, 0.2) is 44.0 Å². The summed E-state index contributed by atoms with van der Waals surface area (Å²) in [6.07, 6.45) is 0.459. The first-order valence-corrected chi connectivity index (χ1v) is 6.26. The summed E-state index contributed by atoms with van der Waals surface area (Å²) in [6.45, 7) is 0. The second-order valence-corrected chi connectivity index (χ2v) is 4.34. The van der Waals surface area contributed by atoms with Gasteiger partial charge >= 0.3 is 6.09 Å². The molecule has 0 bridgehead atoms. The van der Waals surface area contributed by atoms with Crippen molar-refractivity contribution in [2.75, 3.05) is 21.2 Å². The van der Waals surface area contributed by atoms with Crippen molar-refractivity contribution in [3.05, 3.63) is 23.8 Å². The van der Waals surface area contributed by atoms with Gasteiger partial charge in [0.05, 0.1) is 13.3 Å². The number of hydrogen-bond acceptors (Lipinski definition) is 9. The molecule has 1 aromatic rings. The van der Waals surface area contributed by atoms with E-state index >= 15 is 0 Å². The molecule has 1 heterocycles. The van der Waals surface area contributed by atoms with Crippen molar-refractivity contribution in [3.8, 4) is 11.5 Å². The molecule has 1 aliphatic heterocycles. The molecule has 0 saturated heterocycles. The summed E-state index contributed by atoms with van der Waals surface area (Å²) in [6, 6.07) is 5.03. The summed E-state index contributed by atoms with van der Waals surface area (Å²) in [5, 5.41) is 17.9. The number of hydrogen-bond donors (Lipinski definition) is 1. The van der Waals surface area contributed by atoms with E-state index in [1.54, 1.807) is 38.5 Å². The Hall–Kier alpha value is -3.04. The van der Waals surface area contributed by atoms with Gasteiger partial charge in [-0.1, -0.05) is 0 Å². The molecular formula is C12H15N7O3. The predicted molar refractivity (Wildman–Crippen MR) is 76.9 cm³/mol. The van der Waals surface area contributed by atoms with Gasteiger partial charge in [0.2, 0.25) is 0 Å². The normalized spacial score (nSPS) is 13.6. The predicted octanol–water partition coefficient (Wildman–Crippen LogP) is 1.80. The van der Waals surface area contributed by atoms with Gasteiger partial charge in [0.15, 0.2) is 11.5 Å². The van der Waals surface area contributed by atoms with Gasteiger partial charge in [-0.15, -0.1) is 10.2 Å². The average molecular weight is 305 g/mol. The van der Waals surface area contributed by atoms with Crippen molar-refractivity contribution < 1.29 is 14.3 Å². The third-order valence-electron chi connectivity index (χ3n) is 2.52. The Morgan fingerprint density at radius 2 is 2.05 bits per heavy atom. The first-order valence-electron chi connectivity index (χ1n) is 6.26. The number of rotatable bonds is 5. The van der Waals surface area contributed by atoms with Crippen molar-refractivity contribution in [3.63, 3.8) is 0 Å². The maximum absolute atomic E-state index is 11.6. The molecule has 116 valence electrons. The van der Waals surface area contributed by atoms with Crippen LogP contribution < -0.4 is 14.9 Å². The largest absolute Gasteiger partial charge is 0.493 e. The molecule has 0 aliphatic carbocycles. The molecule has 1 aliphatic rings. The fourth-order valence-corrected chi connectivity index (χ4v) is 1.43. The van der Waals surface area contributed by atoms with Crippen LogP contribution in [0.2, 0.25) is 0 Å². The van der Waals surface area contributed by atoms with E-state index in [1.807, 2.05) is 0 Å². The van der Waals surface area contributed by atoms with Gasteiger partial charge in [0.25, 0.3) is 6.29 Å². The Labute approximate surface area is 126 Å². The molecule has 0 radical (unpaired) electrons. The molecule has 22 heavy (non-hydrogen) atoms. The summed E-state index contributed by atoms with van der Waals surface area (Å²) < 4.78 is 10.4. The minimum Gasteiger partial charge on any atom is -0.493 e. The van der Waals surface area contributed by atoms with E-state index in [2.05, 4.69) is 31.2 Å². The molecule has 1 N–H and O–H groups in total. The van der Waals surface area contributed by atoms with Crippen LogP contribution in [0.4, 0.5) is 4.79 Å². The number of nitrogens with zero attached hydrogens (tertiary/aromatic N) is 6. The Kier molecular flexibility index (Phi) is 4.96. The third-order valence-corrected chi connectivity index (χ3v) is 2.52. The number of benzene rings is 1. The van der Waals surface area contributed by atoms with E-state index in [4.69, 9.17) is 9.47 Å². The van der Waals surface area contributed by atoms with Gasteiger partial charge in [-0.3, -0.25) is 5.43 Å². The van der Waals surface area contributed by atoms with Gasteiger partial charge in [-0.05, 0) is 34.2 Å². The Balaban J connectivity index is 2.04. The van der Waals surface area contributed by atoms with Crippen molar-refractivity contribution in [1.82, 2.24) is 10.3 Å². The SMILES string of the molecule is COc1cc(/C=N/NC2N=NN=N2)ccc1OC(=O)N(C)C. The Morgan fingerprint density at radius 3 is 2.68 bits per heavy atom. The number of nitrogens with one attached hydrogen (secondary N) is 1. The van der Waals surface area contributed by atoms with Gasteiger partial charge in [-0.25, -0.2) is 4.79 Å². The van der Waals surface area contributed by atoms with Gasteiger partial charge in [0, 0.05) is 14.1 Å². The third kappa shape index (κ3) is 3.98. The zero-order valence-corrected chi connectivity index (χ0v) is 12.3. The standard InChI is InChI=1S/C12H15N7O3/c1-19(2)12(20)22-9-5-4-8(6-10(9)21-3)7-13-14-11-15-17-18-16-11/h4-7,11,14H,1-3H3/b13-7+. The Bertz CT molecular complexity index is 615. The number of carbonyl (C=O) groups is 1. The minimum atomic E-state index is -0.599. The Morgan fingerprint density at radius 1 is 1.32 bits per heavy atom. The summed E-state index contributed by atoms with van der Waals surface area (Å²) >= 11 is 0. The van der Waals surface area contributed by atoms with Gasteiger partial charge < -0.3 is 14.4 Å². The van der Waals surface area contributed by atoms with Gasteiger partial charge in [-0.2, -0.15) is 5.10 Å². The summed E-state index contributed by atoms with van der Waals surface area (Å²) in [5.74, 6) is 0.740. The number of ether oxygens (including phenoxy) is 2. The molecule has 1 aromatic carbocycles. The lowest BCUT2D eigenvalue weighted by molar-refractivity contribution is 0.170. The van der Waals surface area contributed by atoms with Crippen LogP contribution in [0, 0.1) is 0 Å². The zero-order chi connectivity index (χ0) is 15.9. The highest BCUT2D eigenvalue weighted by Gasteiger charge is 2.12. The average Bonchev–Trinajstić information content (AvgIpc) is 3.01. The lowest BCUT2D eigenvalue weighted by Crippen LogP contribution is -2.25. The minimum absolute atomic E-state index is 0.324. The number of methoxy groups -OCH3 is 1. The van der Waals surface area contributed by atoms with E-state index in [9.17, 15) is 4.79 Å².